The quantitative estimate of drug-likeness (QED) is 0.695. The summed E-state index contributed by atoms with van der Waals surface area (Å²) in [6.45, 7) is 0.616. The van der Waals surface area contributed by atoms with Gasteiger partial charge in [0.15, 0.2) is 6.61 Å². The molecule has 0 spiro atoms. The number of anilines is 1. The van der Waals surface area contributed by atoms with Gasteiger partial charge in [-0.25, -0.2) is 0 Å². The van der Waals surface area contributed by atoms with Crippen LogP contribution in [0, 0.1) is 0 Å². The summed E-state index contributed by atoms with van der Waals surface area (Å²) >= 11 is 0. The molecule has 1 amide bonds. The summed E-state index contributed by atoms with van der Waals surface area (Å²) in [5, 5.41) is 0. The number of furan rings is 1. The molecule has 0 radical (unpaired) electrons. The van der Waals surface area contributed by atoms with E-state index in [-0.39, 0.29) is 18.9 Å². The van der Waals surface area contributed by atoms with Gasteiger partial charge < -0.3 is 19.0 Å². The molecule has 1 heterocycles. The maximum absolute atomic E-state index is 11.9. The first-order chi connectivity index (χ1) is 11.6. The third-order valence-electron chi connectivity index (χ3n) is 3.60. The van der Waals surface area contributed by atoms with Gasteiger partial charge in [0.25, 0.3) is 5.91 Å². The molecule has 0 aliphatic carbocycles. The molecule has 0 aliphatic rings. The summed E-state index contributed by atoms with van der Waals surface area (Å²) in [7, 11) is 3.55. The maximum atomic E-state index is 11.9. The maximum Gasteiger partial charge on any atom is 0.308 e. The summed E-state index contributed by atoms with van der Waals surface area (Å²) < 4.78 is 10.2. The first-order valence-electron chi connectivity index (χ1n) is 7.74. The zero-order chi connectivity index (χ0) is 17.4. The second kappa shape index (κ2) is 8.76. The standard InChI is InChI=1S/C18H22N2O4/c1-19(15-7-4-3-5-8-15)11-10-18(22)24-14-17(21)20(2)13-16-9-6-12-23-16/h3-9,12H,10-11,13-14H2,1-2H3. The minimum atomic E-state index is -0.391. The predicted molar refractivity (Wildman–Crippen MR) is 90.5 cm³/mol. The number of amides is 1. The molecule has 0 atom stereocenters. The van der Waals surface area contributed by atoms with Crippen molar-refractivity contribution in [1.82, 2.24) is 4.90 Å². The van der Waals surface area contributed by atoms with Gasteiger partial charge in [0.2, 0.25) is 0 Å². The Bertz CT molecular complexity index is 640. The zero-order valence-corrected chi connectivity index (χ0v) is 14.0. The Kier molecular flexibility index (Phi) is 6.42. The molecule has 0 N–H and O–H groups in total. The summed E-state index contributed by atoms with van der Waals surface area (Å²) in [5.74, 6) is 0.0235. The Morgan fingerprint density at radius 3 is 2.50 bits per heavy atom. The minimum Gasteiger partial charge on any atom is -0.467 e. The van der Waals surface area contributed by atoms with E-state index >= 15 is 0 Å². The van der Waals surface area contributed by atoms with Crippen LogP contribution in [0.2, 0.25) is 0 Å². The van der Waals surface area contributed by atoms with Crippen LogP contribution in [0.5, 0.6) is 0 Å². The third kappa shape index (κ3) is 5.46. The molecule has 0 aliphatic heterocycles. The van der Waals surface area contributed by atoms with Gasteiger partial charge in [0, 0.05) is 26.3 Å². The van der Waals surface area contributed by atoms with Gasteiger partial charge in [0.1, 0.15) is 5.76 Å². The summed E-state index contributed by atoms with van der Waals surface area (Å²) in [6.07, 6.45) is 1.78. The molecule has 2 aromatic rings. The van der Waals surface area contributed by atoms with Crippen molar-refractivity contribution in [3.05, 3.63) is 54.5 Å². The van der Waals surface area contributed by atoms with E-state index in [1.165, 1.54) is 4.90 Å². The minimum absolute atomic E-state index is 0.223. The molecule has 6 nitrogen and oxygen atoms in total. The molecule has 6 heteroatoms. The van der Waals surface area contributed by atoms with E-state index in [2.05, 4.69) is 0 Å². The van der Waals surface area contributed by atoms with E-state index in [1.807, 2.05) is 42.3 Å². The van der Waals surface area contributed by atoms with Crippen molar-refractivity contribution >= 4 is 17.6 Å². The van der Waals surface area contributed by atoms with Gasteiger partial charge in [0.05, 0.1) is 19.2 Å². The first-order valence-corrected chi connectivity index (χ1v) is 7.74. The molecule has 1 aromatic carbocycles. The van der Waals surface area contributed by atoms with Crippen molar-refractivity contribution in [2.24, 2.45) is 0 Å². The van der Waals surface area contributed by atoms with Gasteiger partial charge in [-0.2, -0.15) is 0 Å². The van der Waals surface area contributed by atoms with E-state index in [1.54, 1.807) is 25.4 Å². The third-order valence-corrected chi connectivity index (χ3v) is 3.60. The van der Waals surface area contributed by atoms with Gasteiger partial charge in [-0.05, 0) is 24.3 Å². The highest BCUT2D eigenvalue weighted by molar-refractivity contribution is 5.80. The van der Waals surface area contributed by atoms with Gasteiger partial charge in [-0.3, -0.25) is 9.59 Å². The number of esters is 1. The lowest BCUT2D eigenvalue weighted by Crippen LogP contribution is -2.31. The van der Waals surface area contributed by atoms with Crippen molar-refractivity contribution in [3.63, 3.8) is 0 Å². The number of nitrogens with zero attached hydrogens (tertiary/aromatic N) is 2. The Morgan fingerprint density at radius 2 is 1.83 bits per heavy atom. The van der Waals surface area contributed by atoms with Crippen molar-refractivity contribution < 1.29 is 18.7 Å². The van der Waals surface area contributed by atoms with Crippen molar-refractivity contribution in [3.8, 4) is 0 Å². The van der Waals surface area contributed by atoms with E-state index in [9.17, 15) is 9.59 Å². The highest BCUT2D eigenvalue weighted by atomic mass is 16.5. The molecule has 0 bridgehead atoms. The normalized spacial score (nSPS) is 10.2. The molecule has 0 saturated heterocycles. The lowest BCUT2D eigenvalue weighted by Gasteiger charge is -2.19. The second-order valence-electron chi connectivity index (χ2n) is 5.50. The number of rotatable bonds is 8. The van der Waals surface area contributed by atoms with Crippen molar-refractivity contribution in [1.29, 1.82) is 0 Å². The Labute approximate surface area is 141 Å². The summed E-state index contributed by atoms with van der Waals surface area (Å²) in [6, 6.07) is 13.3. The molecular weight excluding hydrogens is 308 g/mol. The van der Waals surface area contributed by atoms with Crippen LogP contribution in [0.1, 0.15) is 12.2 Å². The Hall–Kier alpha value is -2.76. The molecular formula is C18H22N2O4. The average Bonchev–Trinajstić information content (AvgIpc) is 3.11. The number of hydrogen-bond donors (Lipinski definition) is 0. The number of likely N-dealkylation sites (N-methyl/N-ethyl adjacent to an activating group) is 1. The largest absolute Gasteiger partial charge is 0.467 e. The number of hydrogen-bond acceptors (Lipinski definition) is 5. The predicted octanol–water partition coefficient (Wildman–Crippen LogP) is 2.31. The van der Waals surface area contributed by atoms with Gasteiger partial charge in [-0.15, -0.1) is 0 Å². The molecule has 0 fully saturated rings. The van der Waals surface area contributed by atoms with Crippen molar-refractivity contribution in [2.75, 3.05) is 32.1 Å². The Balaban J connectivity index is 1.68. The highest BCUT2D eigenvalue weighted by Gasteiger charge is 2.14. The monoisotopic (exact) mass is 330 g/mol. The average molecular weight is 330 g/mol. The van der Waals surface area contributed by atoms with E-state index < -0.39 is 5.97 Å². The van der Waals surface area contributed by atoms with E-state index in [4.69, 9.17) is 9.15 Å². The van der Waals surface area contributed by atoms with Crippen LogP contribution in [0.4, 0.5) is 5.69 Å². The van der Waals surface area contributed by atoms with Crippen LogP contribution in [0.25, 0.3) is 0 Å². The Morgan fingerprint density at radius 1 is 1.08 bits per heavy atom. The lowest BCUT2D eigenvalue weighted by molar-refractivity contribution is -0.151. The van der Waals surface area contributed by atoms with Gasteiger partial charge >= 0.3 is 5.97 Å². The summed E-state index contributed by atoms with van der Waals surface area (Å²) in [5.41, 5.74) is 1.03. The van der Waals surface area contributed by atoms with E-state index in [0.717, 1.165) is 5.69 Å². The number of carbonyl (C=O) groups is 2. The van der Waals surface area contributed by atoms with Gasteiger partial charge in [-0.1, -0.05) is 18.2 Å². The number of carbonyl (C=O) groups excluding carboxylic acids is 2. The fourth-order valence-corrected chi connectivity index (χ4v) is 2.12. The topological polar surface area (TPSA) is 63.0 Å². The first kappa shape index (κ1) is 17.6. The number of para-hydroxylation sites is 1. The molecule has 2 rings (SSSR count). The molecule has 128 valence electrons. The molecule has 24 heavy (non-hydrogen) atoms. The van der Waals surface area contributed by atoms with Crippen LogP contribution < -0.4 is 4.90 Å². The molecule has 0 saturated carbocycles. The fraction of sp³-hybridized carbons (Fsp3) is 0.333. The fourth-order valence-electron chi connectivity index (χ4n) is 2.12. The zero-order valence-electron chi connectivity index (χ0n) is 14.0. The molecule has 0 unspecified atom stereocenters. The van der Waals surface area contributed by atoms with Crippen LogP contribution in [0.3, 0.4) is 0 Å². The highest BCUT2D eigenvalue weighted by Crippen LogP contribution is 2.11. The lowest BCUT2D eigenvalue weighted by atomic mass is 10.3. The number of ether oxygens (including phenoxy) is 1. The van der Waals surface area contributed by atoms with Crippen molar-refractivity contribution in [2.45, 2.75) is 13.0 Å². The van der Waals surface area contributed by atoms with E-state index in [0.29, 0.717) is 18.8 Å². The van der Waals surface area contributed by atoms with Crippen LogP contribution >= 0.6 is 0 Å². The van der Waals surface area contributed by atoms with Crippen LogP contribution in [-0.4, -0.2) is 44.0 Å². The smallest absolute Gasteiger partial charge is 0.308 e. The SMILES string of the molecule is CN(Cc1ccco1)C(=O)COC(=O)CCN(C)c1ccccc1. The summed E-state index contributed by atoms with van der Waals surface area (Å²) in [4.78, 5) is 27.1. The number of benzene rings is 1. The van der Waals surface area contributed by atoms with Crippen LogP contribution in [0.15, 0.2) is 53.1 Å². The molecule has 1 aromatic heterocycles. The second-order valence-corrected chi connectivity index (χ2v) is 5.50. The van der Waals surface area contributed by atoms with Crippen LogP contribution in [-0.2, 0) is 20.9 Å².